The van der Waals surface area contributed by atoms with Crippen molar-refractivity contribution in [2.75, 3.05) is 12.4 Å². The molecule has 0 atom stereocenters. The van der Waals surface area contributed by atoms with Crippen molar-refractivity contribution in [3.8, 4) is 0 Å². The van der Waals surface area contributed by atoms with Gasteiger partial charge in [0.15, 0.2) is 0 Å². The van der Waals surface area contributed by atoms with E-state index in [0.29, 0.717) is 5.02 Å². The number of ether oxygens (including phenoxy) is 1. The van der Waals surface area contributed by atoms with Crippen LogP contribution >= 0.6 is 23.2 Å². The SMILES string of the molecule is COC(=O)c1cc(Cl)ccc1NC(=O)c1cccnc1Cl. The Labute approximate surface area is 130 Å². The van der Waals surface area contributed by atoms with Gasteiger partial charge in [0, 0.05) is 11.2 Å². The van der Waals surface area contributed by atoms with E-state index in [1.54, 1.807) is 12.1 Å². The zero-order valence-electron chi connectivity index (χ0n) is 10.9. The van der Waals surface area contributed by atoms with E-state index in [1.165, 1.54) is 31.5 Å². The largest absolute Gasteiger partial charge is 0.465 e. The number of amides is 1. The number of carbonyl (C=O) groups excluding carboxylic acids is 2. The van der Waals surface area contributed by atoms with Crippen molar-refractivity contribution in [3.05, 3.63) is 57.8 Å². The van der Waals surface area contributed by atoms with Gasteiger partial charge in [-0.15, -0.1) is 0 Å². The highest BCUT2D eigenvalue weighted by Crippen LogP contribution is 2.23. The lowest BCUT2D eigenvalue weighted by Crippen LogP contribution is -2.16. The predicted molar refractivity (Wildman–Crippen MR) is 80.0 cm³/mol. The zero-order valence-corrected chi connectivity index (χ0v) is 12.4. The number of methoxy groups -OCH3 is 1. The number of nitrogens with zero attached hydrogens (tertiary/aromatic N) is 1. The fourth-order valence-corrected chi connectivity index (χ4v) is 2.03. The molecule has 1 aromatic heterocycles. The molecular formula is C14H10Cl2N2O3. The smallest absolute Gasteiger partial charge is 0.340 e. The summed E-state index contributed by atoms with van der Waals surface area (Å²) in [5, 5.41) is 3.01. The van der Waals surface area contributed by atoms with Gasteiger partial charge in [0.1, 0.15) is 5.15 Å². The number of nitrogens with one attached hydrogen (secondary N) is 1. The Hall–Kier alpha value is -2.11. The van der Waals surface area contributed by atoms with E-state index >= 15 is 0 Å². The minimum Gasteiger partial charge on any atom is -0.465 e. The summed E-state index contributed by atoms with van der Waals surface area (Å²) in [4.78, 5) is 27.7. The number of pyridine rings is 1. The summed E-state index contributed by atoms with van der Waals surface area (Å²) in [6.45, 7) is 0. The number of rotatable bonds is 3. The molecule has 1 N–H and O–H groups in total. The van der Waals surface area contributed by atoms with Gasteiger partial charge in [0.05, 0.1) is 23.9 Å². The Morgan fingerprint density at radius 1 is 1.19 bits per heavy atom. The Kier molecular flexibility index (Phi) is 4.77. The highest BCUT2D eigenvalue weighted by atomic mass is 35.5. The second-order valence-corrected chi connectivity index (χ2v) is 4.77. The van der Waals surface area contributed by atoms with E-state index in [9.17, 15) is 9.59 Å². The number of esters is 1. The van der Waals surface area contributed by atoms with E-state index in [-0.39, 0.29) is 22.0 Å². The number of carbonyl (C=O) groups is 2. The first-order valence-corrected chi connectivity index (χ1v) is 6.58. The Bertz CT molecular complexity index is 704. The summed E-state index contributed by atoms with van der Waals surface area (Å²) in [6.07, 6.45) is 1.47. The minimum atomic E-state index is -0.606. The number of benzene rings is 1. The molecule has 2 aromatic rings. The summed E-state index contributed by atoms with van der Waals surface area (Å²) < 4.78 is 4.66. The van der Waals surface area contributed by atoms with Gasteiger partial charge in [0.25, 0.3) is 5.91 Å². The van der Waals surface area contributed by atoms with Crippen LogP contribution in [0.2, 0.25) is 10.2 Å². The van der Waals surface area contributed by atoms with Crippen molar-refractivity contribution in [2.45, 2.75) is 0 Å². The van der Waals surface area contributed by atoms with Crippen LogP contribution in [0.15, 0.2) is 36.5 Å². The predicted octanol–water partition coefficient (Wildman–Crippen LogP) is 3.43. The first-order chi connectivity index (χ1) is 10.0. The van der Waals surface area contributed by atoms with Crippen LogP contribution in [0.4, 0.5) is 5.69 Å². The van der Waals surface area contributed by atoms with Crippen molar-refractivity contribution < 1.29 is 14.3 Å². The fraction of sp³-hybridized carbons (Fsp3) is 0.0714. The van der Waals surface area contributed by atoms with Gasteiger partial charge in [-0.3, -0.25) is 4.79 Å². The molecule has 0 aliphatic carbocycles. The fourth-order valence-electron chi connectivity index (χ4n) is 1.65. The third kappa shape index (κ3) is 3.51. The maximum atomic E-state index is 12.2. The molecule has 1 aromatic carbocycles. The van der Waals surface area contributed by atoms with Crippen LogP contribution in [-0.2, 0) is 4.74 Å². The maximum absolute atomic E-state index is 12.2. The molecule has 0 saturated heterocycles. The summed E-state index contributed by atoms with van der Waals surface area (Å²) in [6, 6.07) is 7.58. The molecule has 5 nitrogen and oxygen atoms in total. The number of hydrogen-bond donors (Lipinski definition) is 1. The molecule has 7 heteroatoms. The number of anilines is 1. The molecule has 0 saturated carbocycles. The summed E-state index contributed by atoms with van der Waals surface area (Å²) in [5.74, 6) is -1.09. The Morgan fingerprint density at radius 3 is 2.62 bits per heavy atom. The number of halogens is 2. The second-order valence-electron chi connectivity index (χ2n) is 3.98. The Balaban J connectivity index is 2.34. The quantitative estimate of drug-likeness (QED) is 0.693. The number of aromatic nitrogens is 1. The van der Waals surface area contributed by atoms with Crippen LogP contribution in [-0.4, -0.2) is 24.0 Å². The van der Waals surface area contributed by atoms with Crippen LogP contribution in [0.3, 0.4) is 0 Å². The summed E-state index contributed by atoms with van der Waals surface area (Å²) >= 11 is 11.7. The molecule has 1 heterocycles. The summed E-state index contributed by atoms with van der Waals surface area (Å²) in [5.41, 5.74) is 0.625. The van der Waals surface area contributed by atoms with Crippen LogP contribution < -0.4 is 5.32 Å². The molecular weight excluding hydrogens is 315 g/mol. The van der Waals surface area contributed by atoms with Gasteiger partial charge in [0.2, 0.25) is 0 Å². The molecule has 0 aliphatic heterocycles. The normalized spacial score (nSPS) is 10.0. The van der Waals surface area contributed by atoms with E-state index in [0.717, 1.165) is 0 Å². The lowest BCUT2D eigenvalue weighted by atomic mass is 10.1. The van der Waals surface area contributed by atoms with Gasteiger partial charge in [-0.25, -0.2) is 9.78 Å². The Morgan fingerprint density at radius 2 is 1.95 bits per heavy atom. The van der Waals surface area contributed by atoms with Crippen LogP contribution in [0, 0.1) is 0 Å². The molecule has 0 unspecified atom stereocenters. The third-order valence-corrected chi connectivity index (χ3v) is 3.18. The molecule has 1 amide bonds. The minimum absolute atomic E-state index is 0.0728. The van der Waals surface area contributed by atoms with Crippen LogP contribution in [0.1, 0.15) is 20.7 Å². The van der Waals surface area contributed by atoms with E-state index in [4.69, 9.17) is 23.2 Å². The first-order valence-electron chi connectivity index (χ1n) is 5.82. The molecule has 0 fully saturated rings. The van der Waals surface area contributed by atoms with E-state index < -0.39 is 11.9 Å². The average molecular weight is 325 g/mol. The summed E-state index contributed by atoms with van der Waals surface area (Å²) in [7, 11) is 1.24. The van der Waals surface area contributed by atoms with Gasteiger partial charge in [-0.05, 0) is 30.3 Å². The highest BCUT2D eigenvalue weighted by molar-refractivity contribution is 6.33. The first kappa shape index (κ1) is 15.3. The standard InChI is InChI=1S/C14H10Cl2N2O3/c1-21-14(20)10-7-8(15)4-5-11(10)18-13(19)9-3-2-6-17-12(9)16/h2-7H,1H3,(H,18,19). The van der Waals surface area contributed by atoms with Crippen LogP contribution in [0.25, 0.3) is 0 Å². The highest BCUT2D eigenvalue weighted by Gasteiger charge is 2.17. The second kappa shape index (κ2) is 6.56. The maximum Gasteiger partial charge on any atom is 0.340 e. The van der Waals surface area contributed by atoms with Crippen molar-refractivity contribution in [2.24, 2.45) is 0 Å². The average Bonchev–Trinajstić information content (AvgIpc) is 2.48. The van der Waals surface area contributed by atoms with Gasteiger partial charge < -0.3 is 10.1 Å². The monoisotopic (exact) mass is 324 g/mol. The van der Waals surface area contributed by atoms with Crippen molar-refractivity contribution in [3.63, 3.8) is 0 Å². The molecule has 108 valence electrons. The molecule has 21 heavy (non-hydrogen) atoms. The van der Waals surface area contributed by atoms with Crippen molar-refractivity contribution in [1.82, 2.24) is 4.98 Å². The molecule has 0 radical (unpaired) electrons. The van der Waals surface area contributed by atoms with Crippen LogP contribution in [0.5, 0.6) is 0 Å². The zero-order chi connectivity index (χ0) is 15.4. The van der Waals surface area contributed by atoms with E-state index in [2.05, 4.69) is 15.0 Å². The lowest BCUT2D eigenvalue weighted by Gasteiger charge is -2.10. The van der Waals surface area contributed by atoms with E-state index in [1.807, 2.05) is 0 Å². The topological polar surface area (TPSA) is 68.3 Å². The van der Waals surface area contributed by atoms with Gasteiger partial charge in [-0.2, -0.15) is 0 Å². The molecule has 0 aliphatic rings. The van der Waals surface area contributed by atoms with Gasteiger partial charge in [-0.1, -0.05) is 23.2 Å². The third-order valence-electron chi connectivity index (χ3n) is 2.64. The van der Waals surface area contributed by atoms with Gasteiger partial charge >= 0.3 is 5.97 Å². The molecule has 2 rings (SSSR count). The van der Waals surface area contributed by atoms with Crippen molar-refractivity contribution >= 4 is 40.8 Å². The van der Waals surface area contributed by atoms with Crippen molar-refractivity contribution in [1.29, 1.82) is 0 Å². The lowest BCUT2D eigenvalue weighted by molar-refractivity contribution is 0.0602. The molecule has 0 bridgehead atoms. The molecule has 0 spiro atoms. The number of hydrogen-bond acceptors (Lipinski definition) is 4.